The molecule has 0 unspecified atom stereocenters. The number of carbonyl (C=O) groups excluding carboxylic acids is 1. The van der Waals surface area contributed by atoms with Gasteiger partial charge >= 0.3 is 0 Å². The van der Waals surface area contributed by atoms with Gasteiger partial charge in [-0.2, -0.15) is 0 Å². The molecule has 1 aliphatic heterocycles. The molecule has 1 saturated carbocycles. The highest BCUT2D eigenvalue weighted by Crippen LogP contribution is 2.33. The molecular weight excluding hydrogens is 248 g/mol. The van der Waals surface area contributed by atoms with Gasteiger partial charge in [-0.05, 0) is 18.9 Å². The SMILES string of the molecule is Nc1cc(N2CCNCC2)sc1C(=O)NC1CC1. The maximum atomic E-state index is 12.0. The van der Waals surface area contributed by atoms with Gasteiger partial charge in [-0.15, -0.1) is 11.3 Å². The summed E-state index contributed by atoms with van der Waals surface area (Å²) in [4.78, 5) is 14.9. The summed E-state index contributed by atoms with van der Waals surface area (Å²) < 4.78 is 0. The Labute approximate surface area is 110 Å². The Bertz CT molecular complexity index is 449. The van der Waals surface area contributed by atoms with E-state index in [4.69, 9.17) is 5.73 Å². The van der Waals surface area contributed by atoms with Crippen LogP contribution in [-0.2, 0) is 0 Å². The normalized spacial score (nSPS) is 19.9. The Morgan fingerprint density at radius 1 is 1.44 bits per heavy atom. The summed E-state index contributed by atoms with van der Waals surface area (Å²) >= 11 is 1.50. The van der Waals surface area contributed by atoms with Crippen LogP contribution in [0.1, 0.15) is 22.5 Å². The van der Waals surface area contributed by atoms with Gasteiger partial charge in [-0.3, -0.25) is 4.79 Å². The van der Waals surface area contributed by atoms with Crippen molar-refractivity contribution in [1.82, 2.24) is 10.6 Å². The summed E-state index contributed by atoms with van der Waals surface area (Å²) in [5.74, 6) is -0.0126. The molecule has 1 aliphatic carbocycles. The Balaban J connectivity index is 1.74. The van der Waals surface area contributed by atoms with Gasteiger partial charge in [-0.1, -0.05) is 0 Å². The Morgan fingerprint density at radius 3 is 2.83 bits per heavy atom. The van der Waals surface area contributed by atoms with Crippen molar-refractivity contribution in [2.24, 2.45) is 0 Å². The molecule has 2 heterocycles. The molecular formula is C12H18N4OS. The van der Waals surface area contributed by atoms with Crippen LogP contribution in [0.5, 0.6) is 0 Å². The molecule has 2 fully saturated rings. The fourth-order valence-electron chi connectivity index (χ4n) is 2.09. The molecule has 98 valence electrons. The number of amides is 1. The molecule has 0 bridgehead atoms. The summed E-state index contributed by atoms with van der Waals surface area (Å²) in [7, 11) is 0. The van der Waals surface area contributed by atoms with Gasteiger partial charge in [0.05, 0.1) is 10.7 Å². The number of nitrogens with two attached hydrogens (primary N) is 1. The van der Waals surface area contributed by atoms with Crippen molar-refractivity contribution >= 4 is 27.9 Å². The number of hydrogen-bond donors (Lipinski definition) is 3. The number of nitrogen functional groups attached to an aromatic ring is 1. The topological polar surface area (TPSA) is 70.4 Å². The zero-order chi connectivity index (χ0) is 12.5. The molecule has 18 heavy (non-hydrogen) atoms. The average molecular weight is 266 g/mol. The largest absolute Gasteiger partial charge is 0.397 e. The van der Waals surface area contributed by atoms with Crippen LogP contribution in [-0.4, -0.2) is 38.1 Å². The highest BCUT2D eigenvalue weighted by atomic mass is 32.1. The molecule has 0 spiro atoms. The van der Waals surface area contributed by atoms with Gasteiger partial charge in [0.15, 0.2) is 0 Å². The van der Waals surface area contributed by atoms with Crippen LogP contribution < -0.4 is 21.3 Å². The summed E-state index contributed by atoms with van der Waals surface area (Å²) in [5, 5.41) is 7.41. The predicted octanol–water partition coefficient (Wildman–Crippen LogP) is 0.632. The van der Waals surface area contributed by atoms with E-state index in [1.54, 1.807) is 0 Å². The molecule has 6 heteroatoms. The van der Waals surface area contributed by atoms with Gasteiger partial charge in [-0.25, -0.2) is 0 Å². The standard InChI is InChI=1S/C12H18N4OS/c13-9-7-10(16-5-3-14-4-6-16)18-11(9)12(17)15-8-1-2-8/h7-8,14H,1-6,13H2,(H,15,17). The molecule has 2 aliphatic rings. The van der Waals surface area contributed by atoms with Crippen molar-refractivity contribution in [1.29, 1.82) is 0 Å². The van der Waals surface area contributed by atoms with Crippen LogP contribution in [0, 0.1) is 0 Å². The van der Waals surface area contributed by atoms with Crippen molar-refractivity contribution in [2.45, 2.75) is 18.9 Å². The van der Waals surface area contributed by atoms with Crippen LogP contribution in [0.25, 0.3) is 0 Å². The van der Waals surface area contributed by atoms with Crippen molar-refractivity contribution in [3.05, 3.63) is 10.9 Å². The number of nitrogens with one attached hydrogen (secondary N) is 2. The Kier molecular flexibility index (Phi) is 3.13. The van der Waals surface area contributed by atoms with E-state index in [-0.39, 0.29) is 5.91 Å². The van der Waals surface area contributed by atoms with E-state index in [9.17, 15) is 4.79 Å². The molecule has 0 aromatic carbocycles. The third-order valence-electron chi connectivity index (χ3n) is 3.30. The highest BCUT2D eigenvalue weighted by Gasteiger charge is 2.26. The van der Waals surface area contributed by atoms with E-state index in [1.165, 1.54) is 11.3 Å². The zero-order valence-corrected chi connectivity index (χ0v) is 11.1. The van der Waals surface area contributed by atoms with E-state index >= 15 is 0 Å². The van der Waals surface area contributed by atoms with Crippen LogP contribution in [0.4, 0.5) is 10.7 Å². The Morgan fingerprint density at radius 2 is 2.17 bits per heavy atom. The second kappa shape index (κ2) is 4.78. The minimum absolute atomic E-state index is 0.0126. The number of nitrogens with zero attached hydrogens (tertiary/aromatic N) is 1. The second-order valence-corrected chi connectivity index (χ2v) is 5.88. The van der Waals surface area contributed by atoms with Crippen molar-refractivity contribution < 1.29 is 4.79 Å². The van der Waals surface area contributed by atoms with Crippen LogP contribution in [0.2, 0.25) is 0 Å². The Hall–Kier alpha value is -1.27. The lowest BCUT2D eigenvalue weighted by Gasteiger charge is -2.27. The third-order valence-corrected chi connectivity index (χ3v) is 4.51. The number of piperazine rings is 1. The van der Waals surface area contributed by atoms with E-state index in [0.29, 0.717) is 16.6 Å². The van der Waals surface area contributed by atoms with Gasteiger partial charge in [0.2, 0.25) is 0 Å². The van der Waals surface area contributed by atoms with E-state index in [0.717, 1.165) is 44.0 Å². The fraction of sp³-hybridized carbons (Fsp3) is 0.583. The van der Waals surface area contributed by atoms with Crippen LogP contribution >= 0.6 is 11.3 Å². The molecule has 1 aromatic rings. The maximum absolute atomic E-state index is 12.0. The molecule has 3 rings (SSSR count). The molecule has 5 nitrogen and oxygen atoms in total. The van der Waals surface area contributed by atoms with E-state index in [2.05, 4.69) is 15.5 Å². The monoisotopic (exact) mass is 266 g/mol. The number of hydrogen-bond acceptors (Lipinski definition) is 5. The summed E-state index contributed by atoms with van der Waals surface area (Å²) in [6, 6.07) is 2.30. The lowest BCUT2D eigenvalue weighted by molar-refractivity contribution is 0.0956. The third kappa shape index (κ3) is 2.44. The van der Waals surface area contributed by atoms with Crippen molar-refractivity contribution in [3.63, 3.8) is 0 Å². The maximum Gasteiger partial charge on any atom is 0.263 e. The van der Waals surface area contributed by atoms with E-state index in [1.807, 2.05) is 6.07 Å². The zero-order valence-electron chi connectivity index (χ0n) is 10.2. The molecule has 0 radical (unpaired) electrons. The van der Waals surface area contributed by atoms with Gasteiger partial charge in [0.1, 0.15) is 4.88 Å². The first-order valence-corrected chi connectivity index (χ1v) is 7.21. The summed E-state index contributed by atoms with van der Waals surface area (Å²) in [5.41, 5.74) is 6.56. The smallest absolute Gasteiger partial charge is 0.263 e. The minimum atomic E-state index is -0.0126. The number of thiophene rings is 1. The lowest BCUT2D eigenvalue weighted by atomic mass is 10.3. The van der Waals surface area contributed by atoms with Gasteiger partial charge < -0.3 is 21.3 Å². The first-order chi connectivity index (χ1) is 8.74. The number of carbonyl (C=O) groups is 1. The first kappa shape index (κ1) is 11.8. The highest BCUT2D eigenvalue weighted by molar-refractivity contribution is 7.18. The van der Waals surface area contributed by atoms with Crippen LogP contribution in [0.3, 0.4) is 0 Å². The quantitative estimate of drug-likeness (QED) is 0.750. The van der Waals surface area contributed by atoms with Gasteiger partial charge in [0, 0.05) is 32.2 Å². The fourth-order valence-corrected chi connectivity index (χ4v) is 3.12. The molecule has 1 aromatic heterocycles. The summed E-state index contributed by atoms with van der Waals surface area (Å²) in [6.45, 7) is 3.93. The molecule has 0 atom stereocenters. The second-order valence-electron chi connectivity index (χ2n) is 4.85. The minimum Gasteiger partial charge on any atom is -0.397 e. The summed E-state index contributed by atoms with van der Waals surface area (Å²) in [6.07, 6.45) is 2.20. The number of anilines is 2. The van der Waals surface area contributed by atoms with Crippen molar-refractivity contribution in [3.8, 4) is 0 Å². The molecule has 1 amide bonds. The van der Waals surface area contributed by atoms with Crippen molar-refractivity contribution in [2.75, 3.05) is 36.8 Å². The predicted molar refractivity (Wildman–Crippen MR) is 74.3 cm³/mol. The number of rotatable bonds is 3. The van der Waals surface area contributed by atoms with Crippen LogP contribution in [0.15, 0.2) is 6.07 Å². The van der Waals surface area contributed by atoms with Gasteiger partial charge in [0.25, 0.3) is 5.91 Å². The molecule has 1 saturated heterocycles. The lowest BCUT2D eigenvalue weighted by Crippen LogP contribution is -2.43. The van der Waals surface area contributed by atoms with E-state index < -0.39 is 0 Å². The average Bonchev–Trinajstić information content (AvgIpc) is 3.10. The molecule has 4 N–H and O–H groups in total. The first-order valence-electron chi connectivity index (χ1n) is 6.40.